The summed E-state index contributed by atoms with van der Waals surface area (Å²) in [5.41, 5.74) is 6.46. The standard InChI is InChI=1S/C11H13F2N/c1-6-4-10(13)8(5-9(6)12)11(14)7-2-3-7/h4-5,7,11H,2-3,14H2,1H3/t11-/m1/s1. The van der Waals surface area contributed by atoms with Crippen LogP contribution in [0.15, 0.2) is 12.1 Å². The molecule has 1 aliphatic rings. The van der Waals surface area contributed by atoms with Crippen molar-refractivity contribution < 1.29 is 8.78 Å². The third-order valence-corrected chi connectivity index (χ3v) is 2.77. The normalized spacial score (nSPS) is 18.3. The van der Waals surface area contributed by atoms with Crippen LogP contribution in [-0.4, -0.2) is 0 Å². The highest BCUT2D eigenvalue weighted by molar-refractivity contribution is 5.28. The molecular formula is C11H13F2N. The Morgan fingerprint density at radius 2 is 1.93 bits per heavy atom. The second-order valence-electron chi connectivity index (χ2n) is 3.99. The predicted octanol–water partition coefficient (Wildman–Crippen LogP) is 2.68. The molecule has 0 aliphatic heterocycles. The summed E-state index contributed by atoms with van der Waals surface area (Å²) in [5.74, 6) is -0.424. The quantitative estimate of drug-likeness (QED) is 0.775. The summed E-state index contributed by atoms with van der Waals surface area (Å²) >= 11 is 0. The summed E-state index contributed by atoms with van der Waals surface area (Å²) in [5, 5.41) is 0. The molecule has 76 valence electrons. The average molecular weight is 197 g/mol. The monoisotopic (exact) mass is 197 g/mol. The molecule has 2 N–H and O–H groups in total. The number of hydrogen-bond acceptors (Lipinski definition) is 1. The number of nitrogens with two attached hydrogens (primary N) is 1. The molecule has 1 nitrogen and oxygen atoms in total. The molecule has 1 fully saturated rings. The second kappa shape index (κ2) is 3.31. The minimum atomic E-state index is -0.386. The van der Waals surface area contributed by atoms with E-state index in [2.05, 4.69) is 0 Å². The third-order valence-electron chi connectivity index (χ3n) is 2.77. The van der Waals surface area contributed by atoms with E-state index in [0.29, 0.717) is 17.0 Å². The van der Waals surface area contributed by atoms with Gasteiger partial charge < -0.3 is 5.73 Å². The molecule has 1 aromatic rings. The Labute approximate surface area is 81.9 Å². The molecule has 0 aromatic heterocycles. The van der Waals surface area contributed by atoms with E-state index in [1.165, 1.54) is 12.1 Å². The Morgan fingerprint density at radius 3 is 2.50 bits per heavy atom. The molecule has 1 saturated carbocycles. The van der Waals surface area contributed by atoms with E-state index in [-0.39, 0.29) is 17.7 Å². The van der Waals surface area contributed by atoms with Crippen molar-refractivity contribution in [2.24, 2.45) is 11.7 Å². The Balaban J connectivity index is 2.36. The summed E-state index contributed by atoms with van der Waals surface area (Å²) in [6.45, 7) is 1.55. The van der Waals surface area contributed by atoms with Gasteiger partial charge in [-0.15, -0.1) is 0 Å². The van der Waals surface area contributed by atoms with Crippen molar-refractivity contribution in [2.75, 3.05) is 0 Å². The first-order valence-electron chi connectivity index (χ1n) is 4.80. The Bertz CT molecular complexity index is 359. The largest absolute Gasteiger partial charge is 0.324 e. The first-order valence-corrected chi connectivity index (χ1v) is 4.80. The van der Waals surface area contributed by atoms with Crippen molar-refractivity contribution in [2.45, 2.75) is 25.8 Å². The Morgan fingerprint density at radius 1 is 1.29 bits per heavy atom. The Kier molecular flexibility index (Phi) is 2.27. The number of hydrogen-bond donors (Lipinski definition) is 1. The van der Waals surface area contributed by atoms with E-state index in [0.717, 1.165) is 12.8 Å². The number of benzene rings is 1. The van der Waals surface area contributed by atoms with E-state index in [4.69, 9.17) is 5.73 Å². The third kappa shape index (κ3) is 1.64. The molecule has 1 aromatic carbocycles. The number of halogens is 2. The van der Waals surface area contributed by atoms with Crippen LogP contribution in [-0.2, 0) is 0 Å². The lowest BCUT2D eigenvalue weighted by Crippen LogP contribution is -2.14. The Hall–Kier alpha value is -0.960. The van der Waals surface area contributed by atoms with E-state index in [1.807, 2.05) is 0 Å². The lowest BCUT2D eigenvalue weighted by molar-refractivity contribution is 0.536. The van der Waals surface area contributed by atoms with Crippen LogP contribution in [0.5, 0.6) is 0 Å². The first-order chi connectivity index (χ1) is 6.59. The van der Waals surface area contributed by atoms with Crippen LogP contribution in [0, 0.1) is 24.5 Å². The summed E-state index contributed by atoms with van der Waals surface area (Å²) < 4.78 is 26.6. The number of rotatable bonds is 2. The summed E-state index contributed by atoms with van der Waals surface area (Å²) in [4.78, 5) is 0. The zero-order valence-corrected chi connectivity index (χ0v) is 8.06. The van der Waals surface area contributed by atoms with Gasteiger partial charge in [0.05, 0.1) is 0 Å². The highest BCUT2D eigenvalue weighted by atomic mass is 19.1. The molecule has 0 amide bonds. The van der Waals surface area contributed by atoms with Crippen LogP contribution in [0.2, 0.25) is 0 Å². The zero-order chi connectivity index (χ0) is 10.3. The van der Waals surface area contributed by atoms with Crippen LogP contribution in [0.4, 0.5) is 8.78 Å². The lowest BCUT2D eigenvalue weighted by Gasteiger charge is -2.12. The summed E-state index contributed by atoms with van der Waals surface area (Å²) in [7, 11) is 0. The van der Waals surface area contributed by atoms with Gasteiger partial charge in [0.2, 0.25) is 0 Å². The molecule has 3 heteroatoms. The molecule has 0 bridgehead atoms. The predicted molar refractivity (Wildman–Crippen MR) is 50.7 cm³/mol. The molecule has 2 rings (SSSR count). The van der Waals surface area contributed by atoms with Gasteiger partial charge in [-0.3, -0.25) is 0 Å². The lowest BCUT2D eigenvalue weighted by atomic mass is 10.0. The van der Waals surface area contributed by atoms with Gasteiger partial charge in [-0.2, -0.15) is 0 Å². The molecular weight excluding hydrogens is 184 g/mol. The van der Waals surface area contributed by atoms with Gasteiger partial charge >= 0.3 is 0 Å². The van der Waals surface area contributed by atoms with Gasteiger partial charge in [-0.05, 0) is 43.4 Å². The maximum atomic E-state index is 13.4. The van der Waals surface area contributed by atoms with Crippen molar-refractivity contribution in [3.8, 4) is 0 Å². The van der Waals surface area contributed by atoms with Crippen LogP contribution in [0.25, 0.3) is 0 Å². The summed E-state index contributed by atoms with van der Waals surface area (Å²) in [6, 6.07) is 2.10. The van der Waals surface area contributed by atoms with Crippen molar-refractivity contribution >= 4 is 0 Å². The molecule has 1 aliphatic carbocycles. The maximum absolute atomic E-state index is 13.4. The van der Waals surface area contributed by atoms with Crippen LogP contribution >= 0.6 is 0 Å². The average Bonchev–Trinajstić information content (AvgIpc) is 2.93. The van der Waals surface area contributed by atoms with Gasteiger partial charge in [0.15, 0.2) is 0 Å². The fourth-order valence-electron chi connectivity index (χ4n) is 1.63. The molecule has 1 atom stereocenters. The van der Waals surface area contributed by atoms with Gasteiger partial charge in [-0.25, -0.2) is 8.78 Å². The summed E-state index contributed by atoms with van der Waals surface area (Å²) in [6.07, 6.45) is 2.05. The maximum Gasteiger partial charge on any atom is 0.128 e. The van der Waals surface area contributed by atoms with Gasteiger partial charge in [0.1, 0.15) is 11.6 Å². The van der Waals surface area contributed by atoms with E-state index < -0.39 is 0 Å². The van der Waals surface area contributed by atoms with Gasteiger partial charge in [0, 0.05) is 11.6 Å². The molecule has 14 heavy (non-hydrogen) atoms. The molecule has 0 spiro atoms. The smallest absolute Gasteiger partial charge is 0.128 e. The van der Waals surface area contributed by atoms with Crippen molar-refractivity contribution in [1.29, 1.82) is 0 Å². The van der Waals surface area contributed by atoms with Crippen molar-refractivity contribution in [3.63, 3.8) is 0 Å². The minimum Gasteiger partial charge on any atom is -0.324 e. The topological polar surface area (TPSA) is 26.0 Å². The zero-order valence-electron chi connectivity index (χ0n) is 8.06. The van der Waals surface area contributed by atoms with Crippen LogP contribution in [0.3, 0.4) is 0 Å². The van der Waals surface area contributed by atoms with Crippen LogP contribution < -0.4 is 5.73 Å². The molecule has 0 unspecified atom stereocenters. The fraction of sp³-hybridized carbons (Fsp3) is 0.455. The SMILES string of the molecule is Cc1cc(F)c([C@H](N)C2CC2)cc1F. The molecule has 0 radical (unpaired) electrons. The van der Waals surface area contributed by atoms with Gasteiger partial charge in [0.25, 0.3) is 0 Å². The second-order valence-corrected chi connectivity index (χ2v) is 3.99. The first kappa shape index (κ1) is 9.59. The number of aryl methyl sites for hydroxylation is 1. The van der Waals surface area contributed by atoms with E-state index in [1.54, 1.807) is 6.92 Å². The highest BCUT2D eigenvalue weighted by Gasteiger charge is 2.31. The minimum absolute atomic E-state index is 0.315. The van der Waals surface area contributed by atoms with E-state index >= 15 is 0 Å². The molecule has 0 heterocycles. The van der Waals surface area contributed by atoms with Gasteiger partial charge in [-0.1, -0.05) is 0 Å². The van der Waals surface area contributed by atoms with Crippen molar-refractivity contribution in [1.82, 2.24) is 0 Å². The fourth-order valence-corrected chi connectivity index (χ4v) is 1.63. The van der Waals surface area contributed by atoms with Crippen molar-refractivity contribution in [3.05, 3.63) is 34.9 Å². The molecule has 0 saturated heterocycles. The van der Waals surface area contributed by atoms with E-state index in [9.17, 15) is 8.78 Å². The van der Waals surface area contributed by atoms with Crippen LogP contribution in [0.1, 0.15) is 30.0 Å². The highest BCUT2D eigenvalue weighted by Crippen LogP contribution is 2.40.